The molecule has 0 saturated carbocycles. The highest BCUT2D eigenvalue weighted by atomic mass is 35.5. The first-order valence-corrected chi connectivity index (χ1v) is 9.01. The molecule has 7 heteroatoms. The van der Waals surface area contributed by atoms with E-state index in [-0.39, 0.29) is 6.61 Å². The molecule has 6 nitrogen and oxygen atoms in total. The van der Waals surface area contributed by atoms with Gasteiger partial charge in [0.15, 0.2) is 0 Å². The minimum absolute atomic E-state index is 0.0845. The van der Waals surface area contributed by atoms with Crippen LogP contribution in [0.15, 0.2) is 54.7 Å². The lowest BCUT2D eigenvalue weighted by molar-refractivity contribution is 0.0602. The van der Waals surface area contributed by atoms with E-state index in [0.29, 0.717) is 28.6 Å². The summed E-state index contributed by atoms with van der Waals surface area (Å²) in [5, 5.41) is 13.3. The van der Waals surface area contributed by atoms with Crippen molar-refractivity contribution in [1.29, 1.82) is 0 Å². The molecule has 0 spiro atoms. The molecule has 1 aromatic heterocycles. The molecule has 0 radical (unpaired) electrons. The number of benzene rings is 2. The van der Waals surface area contributed by atoms with Crippen LogP contribution in [0.5, 0.6) is 5.75 Å². The average molecular weight is 401 g/mol. The smallest absolute Gasteiger partial charge is 0.339 e. The summed E-state index contributed by atoms with van der Waals surface area (Å²) in [7, 11) is 2.91. The summed E-state index contributed by atoms with van der Waals surface area (Å²) < 4.78 is 11.9. The third kappa shape index (κ3) is 4.13. The zero-order chi connectivity index (χ0) is 20.1. The largest absolute Gasteiger partial charge is 0.495 e. The molecule has 0 amide bonds. The molecule has 0 aliphatic rings. The lowest BCUT2D eigenvalue weighted by Crippen LogP contribution is -2.10. The van der Waals surface area contributed by atoms with Gasteiger partial charge >= 0.3 is 5.97 Å². The second kappa shape index (κ2) is 8.82. The number of halogens is 1. The Labute approximate surface area is 168 Å². The highest BCUT2D eigenvalue weighted by Gasteiger charge is 2.14. The second-order valence-corrected chi connectivity index (χ2v) is 6.48. The number of nitrogens with zero attached hydrogens (tertiary/aromatic N) is 1. The quantitative estimate of drug-likeness (QED) is 0.586. The third-order valence-corrected chi connectivity index (χ3v) is 4.68. The van der Waals surface area contributed by atoms with Crippen molar-refractivity contribution in [2.24, 2.45) is 0 Å². The zero-order valence-electron chi connectivity index (χ0n) is 15.6. The molecular weight excluding hydrogens is 380 g/mol. The number of carbonyl (C=O) groups excluding carboxylic acids is 1. The summed E-state index contributed by atoms with van der Waals surface area (Å²) in [6, 6.07) is 14.5. The second-order valence-electron chi connectivity index (χ2n) is 6.07. The fraction of sp³-hybridized carbons (Fsp3) is 0.190. The fourth-order valence-corrected chi connectivity index (χ4v) is 3.21. The number of rotatable bonds is 7. The fourth-order valence-electron chi connectivity index (χ4n) is 2.93. The van der Waals surface area contributed by atoms with Gasteiger partial charge < -0.3 is 24.5 Å². The molecule has 0 bridgehead atoms. The Kier molecular flexibility index (Phi) is 6.23. The van der Waals surface area contributed by atoms with Gasteiger partial charge in [-0.1, -0.05) is 17.7 Å². The molecule has 28 heavy (non-hydrogen) atoms. The number of aliphatic hydroxyl groups excluding tert-OH is 1. The monoisotopic (exact) mass is 400 g/mol. The van der Waals surface area contributed by atoms with Gasteiger partial charge in [-0.2, -0.15) is 0 Å². The number of carbonyl (C=O) groups is 1. The van der Waals surface area contributed by atoms with Gasteiger partial charge in [-0.15, -0.1) is 0 Å². The Morgan fingerprint density at radius 2 is 2.00 bits per heavy atom. The molecule has 0 aliphatic carbocycles. The Bertz CT molecular complexity index is 984. The number of esters is 1. The van der Waals surface area contributed by atoms with Gasteiger partial charge in [0.05, 0.1) is 37.1 Å². The van der Waals surface area contributed by atoms with Gasteiger partial charge in [-0.05, 0) is 48.0 Å². The minimum atomic E-state index is -0.434. The van der Waals surface area contributed by atoms with Crippen molar-refractivity contribution in [3.05, 3.63) is 76.6 Å². The third-order valence-electron chi connectivity index (χ3n) is 4.38. The summed E-state index contributed by atoms with van der Waals surface area (Å²) >= 11 is 6.19. The molecule has 146 valence electrons. The lowest BCUT2D eigenvalue weighted by atomic mass is 10.1. The Morgan fingerprint density at radius 3 is 2.68 bits per heavy atom. The van der Waals surface area contributed by atoms with Crippen LogP contribution in [0.25, 0.3) is 5.69 Å². The number of aliphatic hydroxyl groups is 1. The highest BCUT2D eigenvalue weighted by molar-refractivity contribution is 6.32. The predicted molar refractivity (Wildman–Crippen MR) is 108 cm³/mol. The Balaban J connectivity index is 1.91. The van der Waals surface area contributed by atoms with Gasteiger partial charge in [-0.3, -0.25) is 0 Å². The van der Waals surface area contributed by atoms with E-state index in [1.807, 2.05) is 41.1 Å². The van der Waals surface area contributed by atoms with Crippen LogP contribution < -0.4 is 10.1 Å². The van der Waals surface area contributed by atoms with E-state index >= 15 is 0 Å². The number of anilines is 1. The molecule has 3 rings (SSSR count). The highest BCUT2D eigenvalue weighted by Crippen LogP contribution is 2.27. The predicted octanol–water partition coefficient (Wildman–Crippen LogP) is 4.03. The Morgan fingerprint density at radius 1 is 1.18 bits per heavy atom. The number of ether oxygens (including phenoxy) is 2. The van der Waals surface area contributed by atoms with Gasteiger partial charge in [0, 0.05) is 24.1 Å². The van der Waals surface area contributed by atoms with Crippen molar-refractivity contribution in [3.8, 4) is 11.4 Å². The molecule has 0 saturated heterocycles. The molecule has 3 aromatic rings. The van der Waals surface area contributed by atoms with Crippen LogP contribution in [0.1, 0.15) is 21.6 Å². The molecule has 2 N–H and O–H groups in total. The molecule has 1 heterocycles. The standard InChI is InChI=1S/C21H21ClN2O4/c1-27-20-8-5-14(10-18(20)22)12-23-19-11-15(6-7-17(19)21(26)28-2)24-9-3-4-16(24)13-25/h3-11,23,25H,12-13H2,1-2H3. The summed E-state index contributed by atoms with van der Waals surface area (Å²) in [5.74, 6) is 0.170. The van der Waals surface area contributed by atoms with Crippen LogP contribution in [-0.2, 0) is 17.9 Å². The van der Waals surface area contributed by atoms with Crippen LogP contribution in [0, 0.1) is 0 Å². The maximum Gasteiger partial charge on any atom is 0.339 e. The zero-order valence-corrected chi connectivity index (χ0v) is 16.4. The SMILES string of the molecule is COC(=O)c1ccc(-n2cccc2CO)cc1NCc1ccc(OC)c(Cl)c1. The van der Waals surface area contributed by atoms with Gasteiger partial charge in [0.25, 0.3) is 0 Å². The van der Waals surface area contributed by atoms with Crippen LogP contribution in [-0.4, -0.2) is 29.9 Å². The first-order valence-electron chi connectivity index (χ1n) is 8.63. The Hall–Kier alpha value is -2.96. The van der Waals surface area contributed by atoms with Gasteiger partial charge in [0.2, 0.25) is 0 Å². The number of hydrogen-bond donors (Lipinski definition) is 2. The first-order chi connectivity index (χ1) is 13.6. The number of hydrogen-bond acceptors (Lipinski definition) is 5. The van der Waals surface area contributed by atoms with E-state index in [1.165, 1.54) is 7.11 Å². The summed E-state index contributed by atoms with van der Waals surface area (Å²) in [6.45, 7) is 0.370. The lowest BCUT2D eigenvalue weighted by Gasteiger charge is -2.15. The molecule has 0 atom stereocenters. The van der Waals surface area contributed by atoms with Crippen molar-refractivity contribution in [3.63, 3.8) is 0 Å². The minimum Gasteiger partial charge on any atom is -0.495 e. The maximum atomic E-state index is 12.2. The van der Waals surface area contributed by atoms with E-state index in [1.54, 1.807) is 25.3 Å². The van der Waals surface area contributed by atoms with Crippen molar-refractivity contribution >= 4 is 23.3 Å². The number of aromatic nitrogens is 1. The van der Waals surface area contributed by atoms with Crippen LogP contribution in [0.4, 0.5) is 5.69 Å². The van der Waals surface area contributed by atoms with Crippen molar-refractivity contribution < 1.29 is 19.4 Å². The van der Waals surface area contributed by atoms with E-state index in [9.17, 15) is 9.90 Å². The molecular formula is C21H21ClN2O4. The average Bonchev–Trinajstić information content (AvgIpc) is 3.20. The van der Waals surface area contributed by atoms with Crippen LogP contribution in [0.2, 0.25) is 5.02 Å². The topological polar surface area (TPSA) is 72.7 Å². The van der Waals surface area contributed by atoms with Crippen LogP contribution in [0.3, 0.4) is 0 Å². The molecule has 0 unspecified atom stereocenters. The normalized spacial score (nSPS) is 10.6. The van der Waals surface area contributed by atoms with Crippen LogP contribution >= 0.6 is 11.6 Å². The molecule has 2 aromatic carbocycles. The summed E-state index contributed by atoms with van der Waals surface area (Å²) in [4.78, 5) is 12.2. The summed E-state index contributed by atoms with van der Waals surface area (Å²) in [6.07, 6.45) is 1.85. The van der Waals surface area contributed by atoms with E-state index < -0.39 is 5.97 Å². The van der Waals surface area contributed by atoms with E-state index in [2.05, 4.69) is 5.32 Å². The van der Waals surface area contributed by atoms with E-state index in [0.717, 1.165) is 16.9 Å². The van der Waals surface area contributed by atoms with Crippen molar-refractivity contribution in [2.45, 2.75) is 13.2 Å². The number of methoxy groups -OCH3 is 2. The number of nitrogens with one attached hydrogen (secondary N) is 1. The maximum absolute atomic E-state index is 12.2. The first kappa shape index (κ1) is 19.8. The molecule has 0 aliphatic heterocycles. The van der Waals surface area contributed by atoms with E-state index in [4.69, 9.17) is 21.1 Å². The molecule has 0 fully saturated rings. The van der Waals surface area contributed by atoms with Crippen molar-refractivity contribution in [2.75, 3.05) is 19.5 Å². The van der Waals surface area contributed by atoms with Gasteiger partial charge in [0.1, 0.15) is 5.75 Å². The van der Waals surface area contributed by atoms with Gasteiger partial charge in [-0.25, -0.2) is 4.79 Å². The summed E-state index contributed by atoms with van der Waals surface area (Å²) in [5.41, 5.74) is 3.54. The van der Waals surface area contributed by atoms with Crippen molar-refractivity contribution in [1.82, 2.24) is 4.57 Å².